The van der Waals surface area contributed by atoms with Gasteiger partial charge in [-0.2, -0.15) is 5.10 Å². The van der Waals surface area contributed by atoms with Crippen LogP contribution >= 0.6 is 0 Å². The molecule has 0 spiro atoms. The molecule has 2 aromatic rings. The molecule has 3 N–H and O–H groups in total. The van der Waals surface area contributed by atoms with Crippen LogP contribution in [0.5, 0.6) is 0 Å². The third-order valence-corrected chi connectivity index (χ3v) is 4.39. The molecule has 1 saturated heterocycles. The summed E-state index contributed by atoms with van der Waals surface area (Å²) in [6, 6.07) is 10.3. The highest BCUT2D eigenvalue weighted by molar-refractivity contribution is 5.77. The van der Waals surface area contributed by atoms with E-state index < -0.39 is 0 Å². The van der Waals surface area contributed by atoms with Gasteiger partial charge < -0.3 is 15.8 Å². The van der Waals surface area contributed by atoms with Gasteiger partial charge >= 0.3 is 0 Å². The molecule has 140 valence electrons. The van der Waals surface area contributed by atoms with Gasteiger partial charge in [0.15, 0.2) is 5.96 Å². The van der Waals surface area contributed by atoms with Gasteiger partial charge in [-0.25, -0.2) is 4.99 Å². The second-order valence-corrected chi connectivity index (χ2v) is 6.46. The molecule has 0 saturated carbocycles. The minimum Gasteiger partial charge on any atom is -0.379 e. The average Bonchev–Trinajstić information content (AvgIpc) is 3.18. The highest BCUT2D eigenvalue weighted by Crippen LogP contribution is 2.08. The first-order valence-electron chi connectivity index (χ1n) is 9.19. The number of aliphatic imine (C=N–C) groups is 1. The molecule has 1 aromatic carbocycles. The zero-order valence-electron chi connectivity index (χ0n) is 15.2. The zero-order chi connectivity index (χ0) is 18.0. The zero-order valence-corrected chi connectivity index (χ0v) is 15.2. The van der Waals surface area contributed by atoms with Crippen molar-refractivity contribution in [3.63, 3.8) is 0 Å². The van der Waals surface area contributed by atoms with E-state index in [1.807, 2.05) is 16.9 Å². The molecule has 1 aromatic heterocycles. The Kier molecular flexibility index (Phi) is 7.04. The van der Waals surface area contributed by atoms with E-state index in [0.717, 1.165) is 57.9 Å². The first kappa shape index (κ1) is 18.4. The van der Waals surface area contributed by atoms with E-state index in [9.17, 15) is 0 Å². The fourth-order valence-electron chi connectivity index (χ4n) is 2.98. The van der Waals surface area contributed by atoms with E-state index in [0.29, 0.717) is 12.5 Å². The monoisotopic (exact) mass is 356 g/mol. The number of guanidine groups is 1. The first-order valence-corrected chi connectivity index (χ1v) is 9.19. The third kappa shape index (κ3) is 6.16. The van der Waals surface area contributed by atoms with Crippen LogP contribution in [0.2, 0.25) is 0 Å². The van der Waals surface area contributed by atoms with Gasteiger partial charge in [0.1, 0.15) is 0 Å². The van der Waals surface area contributed by atoms with E-state index >= 15 is 0 Å². The fourth-order valence-corrected chi connectivity index (χ4v) is 2.98. The minimum atomic E-state index is 0.504. The van der Waals surface area contributed by atoms with E-state index in [-0.39, 0.29) is 0 Å². The van der Waals surface area contributed by atoms with Gasteiger partial charge in [-0.05, 0) is 30.2 Å². The number of rotatable bonds is 8. The standard InChI is InChI=1S/C19H28N6O/c20-19(21-6-2-8-24-10-12-26-13-11-24)22-15-17-4-1-5-18(14-17)16-25-9-3-7-23-25/h1,3-5,7,9,14H,2,6,8,10-13,15-16H2,(H3,20,21,22). The number of morpholine rings is 1. The van der Waals surface area contributed by atoms with Crippen LogP contribution in [0.4, 0.5) is 0 Å². The molecule has 0 amide bonds. The van der Waals surface area contributed by atoms with E-state index in [2.05, 4.69) is 44.6 Å². The summed E-state index contributed by atoms with van der Waals surface area (Å²) in [5.41, 5.74) is 8.33. The number of benzene rings is 1. The first-order chi connectivity index (χ1) is 12.8. The Morgan fingerprint density at radius 2 is 2.08 bits per heavy atom. The van der Waals surface area contributed by atoms with E-state index in [1.54, 1.807) is 6.20 Å². The summed E-state index contributed by atoms with van der Waals surface area (Å²) in [5, 5.41) is 7.44. The lowest BCUT2D eigenvalue weighted by molar-refractivity contribution is 0.0376. The summed E-state index contributed by atoms with van der Waals surface area (Å²) >= 11 is 0. The van der Waals surface area contributed by atoms with Crippen molar-refractivity contribution in [1.82, 2.24) is 20.0 Å². The van der Waals surface area contributed by atoms with Crippen LogP contribution in [0.3, 0.4) is 0 Å². The maximum atomic E-state index is 5.98. The molecular weight excluding hydrogens is 328 g/mol. The normalized spacial score (nSPS) is 15.9. The van der Waals surface area contributed by atoms with Crippen molar-refractivity contribution < 1.29 is 4.74 Å². The Bertz CT molecular complexity index is 679. The molecule has 1 aliphatic rings. The molecule has 2 heterocycles. The van der Waals surface area contributed by atoms with Gasteiger partial charge in [0.2, 0.25) is 0 Å². The Labute approximate surface area is 154 Å². The molecular formula is C19H28N6O. The van der Waals surface area contributed by atoms with E-state index in [4.69, 9.17) is 10.5 Å². The predicted molar refractivity (Wildman–Crippen MR) is 103 cm³/mol. The number of hydrogen-bond acceptors (Lipinski definition) is 4. The van der Waals surface area contributed by atoms with Crippen molar-refractivity contribution in [3.8, 4) is 0 Å². The average molecular weight is 356 g/mol. The summed E-state index contributed by atoms with van der Waals surface area (Å²) in [4.78, 5) is 6.86. The quantitative estimate of drug-likeness (QED) is 0.420. The molecule has 1 aliphatic heterocycles. The van der Waals surface area contributed by atoms with Crippen molar-refractivity contribution in [1.29, 1.82) is 0 Å². The minimum absolute atomic E-state index is 0.504. The number of nitrogens with two attached hydrogens (primary N) is 1. The number of ether oxygens (including phenoxy) is 1. The van der Waals surface area contributed by atoms with Crippen molar-refractivity contribution in [2.45, 2.75) is 19.5 Å². The van der Waals surface area contributed by atoms with Crippen LogP contribution in [-0.2, 0) is 17.8 Å². The van der Waals surface area contributed by atoms with Crippen LogP contribution in [0, 0.1) is 0 Å². The van der Waals surface area contributed by atoms with Crippen LogP contribution in [0.15, 0.2) is 47.7 Å². The largest absolute Gasteiger partial charge is 0.379 e. The lowest BCUT2D eigenvalue weighted by Crippen LogP contribution is -2.39. The summed E-state index contributed by atoms with van der Waals surface area (Å²) in [6.07, 6.45) is 4.80. The van der Waals surface area contributed by atoms with Crippen LogP contribution < -0.4 is 11.1 Å². The summed E-state index contributed by atoms with van der Waals surface area (Å²) < 4.78 is 7.26. The van der Waals surface area contributed by atoms with Crippen LogP contribution in [0.1, 0.15) is 17.5 Å². The molecule has 0 bridgehead atoms. The highest BCUT2D eigenvalue weighted by Gasteiger charge is 2.08. The Balaban J connectivity index is 1.39. The van der Waals surface area contributed by atoms with Gasteiger partial charge in [-0.15, -0.1) is 0 Å². The summed E-state index contributed by atoms with van der Waals surface area (Å²) in [7, 11) is 0. The molecule has 0 atom stereocenters. The van der Waals surface area contributed by atoms with E-state index in [1.165, 1.54) is 5.56 Å². The molecule has 0 unspecified atom stereocenters. The molecule has 7 nitrogen and oxygen atoms in total. The van der Waals surface area contributed by atoms with Gasteiger partial charge in [-0.3, -0.25) is 9.58 Å². The Hall–Kier alpha value is -2.38. The summed E-state index contributed by atoms with van der Waals surface area (Å²) in [6.45, 7) is 6.99. The van der Waals surface area contributed by atoms with Crippen LogP contribution in [-0.4, -0.2) is 60.0 Å². The second-order valence-electron chi connectivity index (χ2n) is 6.46. The smallest absolute Gasteiger partial charge is 0.188 e. The lowest BCUT2D eigenvalue weighted by Gasteiger charge is -2.26. The van der Waals surface area contributed by atoms with Gasteiger partial charge in [0, 0.05) is 32.0 Å². The van der Waals surface area contributed by atoms with Crippen molar-refractivity contribution >= 4 is 5.96 Å². The second kappa shape index (κ2) is 9.94. The van der Waals surface area contributed by atoms with Crippen molar-refractivity contribution in [2.75, 3.05) is 39.4 Å². The molecule has 1 fully saturated rings. The van der Waals surface area contributed by atoms with Gasteiger partial charge in [0.05, 0.1) is 26.3 Å². The highest BCUT2D eigenvalue weighted by atomic mass is 16.5. The van der Waals surface area contributed by atoms with Crippen molar-refractivity contribution in [3.05, 3.63) is 53.9 Å². The van der Waals surface area contributed by atoms with Crippen LogP contribution in [0.25, 0.3) is 0 Å². The number of hydrogen-bond donors (Lipinski definition) is 2. The van der Waals surface area contributed by atoms with Gasteiger partial charge in [-0.1, -0.05) is 24.3 Å². The van der Waals surface area contributed by atoms with Gasteiger partial charge in [0.25, 0.3) is 0 Å². The Morgan fingerprint density at radius 1 is 1.23 bits per heavy atom. The molecule has 0 aliphatic carbocycles. The number of nitrogens with one attached hydrogen (secondary N) is 1. The SMILES string of the molecule is NC(=NCc1cccc(Cn2cccn2)c1)NCCCN1CCOCC1. The summed E-state index contributed by atoms with van der Waals surface area (Å²) in [5.74, 6) is 0.504. The molecule has 3 rings (SSSR count). The predicted octanol–water partition coefficient (Wildman–Crippen LogP) is 1.06. The number of nitrogens with zero attached hydrogens (tertiary/aromatic N) is 4. The molecule has 26 heavy (non-hydrogen) atoms. The number of aromatic nitrogens is 2. The lowest BCUT2D eigenvalue weighted by atomic mass is 10.1. The Morgan fingerprint density at radius 3 is 2.88 bits per heavy atom. The van der Waals surface area contributed by atoms with Crippen molar-refractivity contribution in [2.24, 2.45) is 10.7 Å². The molecule has 7 heteroatoms. The maximum absolute atomic E-state index is 5.98. The molecule has 0 radical (unpaired) electrons. The maximum Gasteiger partial charge on any atom is 0.188 e. The fraction of sp³-hybridized carbons (Fsp3) is 0.474. The third-order valence-electron chi connectivity index (χ3n) is 4.39. The topological polar surface area (TPSA) is 80.7 Å².